The summed E-state index contributed by atoms with van der Waals surface area (Å²) >= 11 is 0. The van der Waals surface area contributed by atoms with E-state index in [1.54, 1.807) is 19.4 Å². The van der Waals surface area contributed by atoms with Crippen LogP contribution in [0, 0.1) is 0 Å². The predicted molar refractivity (Wildman–Crippen MR) is 130 cm³/mol. The molecule has 7 heteroatoms. The van der Waals surface area contributed by atoms with Crippen LogP contribution in [0.4, 0.5) is 0 Å². The van der Waals surface area contributed by atoms with Crippen molar-refractivity contribution in [1.82, 2.24) is 20.2 Å². The number of rotatable bonds is 8. The highest BCUT2D eigenvalue weighted by Crippen LogP contribution is 2.36. The van der Waals surface area contributed by atoms with Gasteiger partial charge in [0.1, 0.15) is 11.4 Å². The van der Waals surface area contributed by atoms with Crippen LogP contribution in [0.2, 0.25) is 0 Å². The van der Waals surface area contributed by atoms with Crippen LogP contribution in [0.25, 0.3) is 33.3 Å². The Morgan fingerprint density at radius 3 is 2.73 bits per heavy atom. The Hall–Kier alpha value is -3.68. The van der Waals surface area contributed by atoms with Crippen molar-refractivity contribution in [1.29, 1.82) is 0 Å². The number of nitrogens with zero attached hydrogens (tertiary/aromatic N) is 2. The molecule has 170 valence electrons. The number of methoxy groups -OCH3 is 1. The second-order valence-electron chi connectivity index (χ2n) is 8.15. The molecule has 0 saturated carbocycles. The molecule has 2 aromatic heterocycles. The summed E-state index contributed by atoms with van der Waals surface area (Å²) < 4.78 is 5.54. The number of amides is 1. The first kappa shape index (κ1) is 22.5. The first-order valence-electron chi connectivity index (χ1n) is 10.8. The maximum atomic E-state index is 12.4. The lowest BCUT2D eigenvalue weighted by molar-refractivity contribution is -0.129. The van der Waals surface area contributed by atoms with Gasteiger partial charge in [-0.1, -0.05) is 36.4 Å². The van der Waals surface area contributed by atoms with E-state index in [4.69, 9.17) is 4.74 Å². The Morgan fingerprint density at radius 2 is 1.94 bits per heavy atom. The Balaban J connectivity index is 1.64. The number of aromatic amines is 1. The molecule has 2 aromatic carbocycles. The van der Waals surface area contributed by atoms with E-state index in [2.05, 4.69) is 21.4 Å². The number of aromatic nitrogens is 2. The third kappa shape index (κ3) is 4.89. The minimum Gasteiger partial charge on any atom is -0.496 e. The number of pyridine rings is 1. The highest BCUT2D eigenvalue weighted by atomic mass is 16.5. The minimum atomic E-state index is -1.24. The predicted octanol–water partition coefficient (Wildman–Crippen LogP) is 3.62. The minimum absolute atomic E-state index is 0.410. The number of nitrogens with one attached hydrogen (secondary N) is 2. The van der Waals surface area contributed by atoms with Gasteiger partial charge in [-0.15, -0.1) is 0 Å². The average molecular weight is 445 g/mol. The summed E-state index contributed by atoms with van der Waals surface area (Å²) in [6, 6.07) is 17.3. The van der Waals surface area contributed by atoms with Crippen molar-refractivity contribution in [2.75, 3.05) is 34.3 Å². The van der Waals surface area contributed by atoms with Gasteiger partial charge in [0, 0.05) is 47.6 Å². The van der Waals surface area contributed by atoms with E-state index in [-0.39, 0.29) is 0 Å². The average Bonchev–Trinajstić information content (AvgIpc) is 3.26. The molecule has 4 aromatic rings. The number of likely N-dealkylation sites (N-methyl/N-ethyl adjacent to an activating group) is 1. The second-order valence-corrected chi connectivity index (χ2v) is 8.15. The van der Waals surface area contributed by atoms with Gasteiger partial charge < -0.3 is 25.0 Å². The SMILES string of the molecule is COc1ccccc1-c1c[nH]c2ncc(-c3cccc(C(O)C(=O)NCCN(C)C)c3)cc12. The topological polar surface area (TPSA) is 90.5 Å². The number of benzene rings is 2. The molecule has 0 spiro atoms. The van der Waals surface area contributed by atoms with Crippen molar-refractivity contribution in [3.05, 3.63) is 72.6 Å². The van der Waals surface area contributed by atoms with Crippen LogP contribution in [0.15, 0.2) is 67.0 Å². The van der Waals surface area contributed by atoms with Crippen LogP contribution in [0.1, 0.15) is 11.7 Å². The summed E-state index contributed by atoms with van der Waals surface area (Å²) in [6.45, 7) is 1.18. The van der Waals surface area contributed by atoms with Crippen molar-refractivity contribution in [3.8, 4) is 28.0 Å². The number of ether oxygens (including phenoxy) is 1. The third-order valence-electron chi connectivity index (χ3n) is 5.57. The van der Waals surface area contributed by atoms with Crippen LogP contribution in [0.3, 0.4) is 0 Å². The molecule has 0 saturated heterocycles. The summed E-state index contributed by atoms with van der Waals surface area (Å²) in [7, 11) is 5.52. The Bertz CT molecular complexity index is 1270. The monoisotopic (exact) mass is 444 g/mol. The molecule has 0 fully saturated rings. The molecule has 0 radical (unpaired) electrons. The number of para-hydroxylation sites is 1. The molecule has 4 rings (SSSR count). The van der Waals surface area contributed by atoms with Gasteiger partial charge in [-0.25, -0.2) is 4.98 Å². The van der Waals surface area contributed by atoms with Gasteiger partial charge >= 0.3 is 0 Å². The lowest BCUT2D eigenvalue weighted by Crippen LogP contribution is -2.34. The molecular weight excluding hydrogens is 416 g/mol. The number of hydrogen-bond donors (Lipinski definition) is 3. The van der Waals surface area contributed by atoms with E-state index < -0.39 is 12.0 Å². The van der Waals surface area contributed by atoms with E-state index >= 15 is 0 Å². The van der Waals surface area contributed by atoms with Crippen LogP contribution in [-0.2, 0) is 4.79 Å². The fourth-order valence-electron chi connectivity index (χ4n) is 3.79. The van der Waals surface area contributed by atoms with Gasteiger partial charge in [0.05, 0.1) is 7.11 Å². The Kier molecular flexibility index (Phi) is 6.72. The molecule has 2 heterocycles. The van der Waals surface area contributed by atoms with Crippen molar-refractivity contribution < 1.29 is 14.6 Å². The molecule has 3 N–H and O–H groups in total. The molecular formula is C26H28N4O3. The number of carbonyl (C=O) groups is 1. The number of hydrogen-bond acceptors (Lipinski definition) is 5. The van der Waals surface area contributed by atoms with E-state index in [1.807, 2.05) is 67.7 Å². The van der Waals surface area contributed by atoms with Gasteiger partial charge in [0.25, 0.3) is 5.91 Å². The standard InChI is InChI=1S/C26H28N4O3/c1-30(2)12-11-27-26(32)24(31)18-8-6-7-17(13-18)19-14-21-22(16-29-25(21)28-15-19)20-9-4-5-10-23(20)33-3/h4-10,13-16,24,31H,11-12H2,1-3H3,(H,27,32)(H,28,29). The zero-order valence-corrected chi connectivity index (χ0v) is 19.0. The highest BCUT2D eigenvalue weighted by molar-refractivity contribution is 5.97. The molecule has 0 bridgehead atoms. The summed E-state index contributed by atoms with van der Waals surface area (Å²) in [5.74, 6) is 0.376. The maximum absolute atomic E-state index is 12.4. The maximum Gasteiger partial charge on any atom is 0.253 e. The number of aliphatic hydroxyl groups excluding tert-OH is 1. The van der Waals surface area contributed by atoms with E-state index in [0.717, 1.165) is 39.0 Å². The molecule has 0 aliphatic heterocycles. The number of H-pyrrole nitrogens is 1. The second kappa shape index (κ2) is 9.85. The molecule has 1 atom stereocenters. The lowest BCUT2D eigenvalue weighted by atomic mass is 9.99. The van der Waals surface area contributed by atoms with Crippen molar-refractivity contribution in [3.63, 3.8) is 0 Å². The Labute approximate surface area is 193 Å². The third-order valence-corrected chi connectivity index (χ3v) is 5.57. The number of aliphatic hydroxyl groups is 1. The highest BCUT2D eigenvalue weighted by Gasteiger charge is 2.18. The summed E-state index contributed by atoms with van der Waals surface area (Å²) in [5, 5.41) is 14.3. The first-order chi connectivity index (χ1) is 16.0. The summed E-state index contributed by atoms with van der Waals surface area (Å²) in [6.07, 6.45) is 2.48. The zero-order valence-electron chi connectivity index (χ0n) is 19.0. The van der Waals surface area contributed by atoms with Gasteiger partial charge in [0.15, 0.2) is 6.10 Å². The van der Waals surface area contributed by atoms with Gasteiger partial charge in [-0.2, -0.15) is 0 Å². The number of fused-ring (bicyclic) bond motifs is 1. The van der Waals surface area contributed by atoms with Crippen LogP contribution < -0.4 is 10.1 Å². The molecule has 0 aliphatic carbocycles. The van der Waals surface area contributed by atoms with Crippen LogP contribution in [-0.4, -0.2) is 60.2 Å². The largest absolute Gasteiger partial charge is 0.496 e. The van der Waals surface area contributed by atoms with Gasteiger partial charge in [0.2, 0.25) is 0 Å². The zero-order chi connectivity index (χ0) is 23.4. The van der Waals surface area contributed by atoms with Gasteiger partial charge in [-0.05, 0) is 43.4 Å². The fourth-order valence-corrected chi connectivity index (χ4v) is 3.79. The van der Waals surface area contributed by atoms with Crippen LogP contribution in [0.5, 0.6) is 5.75 Å². The quantitative estimate of drug-likeness (QED) is 0.386. The van der Waals surface area contributed by atoms with Crippen molar-refractivity contribution in [2.45, 2.75) is 6.10 Å². The van der Waals surface area contributed by atoms with Gasteiger partial charge in [-0.3, -0.25) is 4.79 Å². The summed E-state index contributed by atoms with van der Waals surface area (Å²) in [5.41, 5.74) is 5.04. The smallest absolute Gasteiger partial charge is 0.253 e. The molecule has 1 unspecified atom stereocenters. The van der Waals surface area contributed by atoms with E-state index in [0.29, 0.717) is 18.7 Å². The normalized spacial score (nSPS) is 12.2. The lowest BCUT2D eigenvalue weighted by Gasteiger charge is -2.15. The summed E-state index contributed by atoms with van der Waals surface area (Å²) in [4.78, 5) is 22.1. The van der Waals surface area contributed by atoms with E-state index in [9.17, 15) is 9.90 Å². The van der Waals surface area contributed by atoms with Crippen LogP contribution >= 0.6 is 0 Å². The Morgan fingerprint density at radius 1 is 1.12 bits per heavy atom. The van der Waals surface area contributed by atoms with Crippen molar-refractivity contribution >= 4 is 16.9 Å². The molecule has 1 amide bonds. The molecule has 7 nitrogen and oxygen atoms in total. The number of carbonyl (C=O) groups excluding carboxylic acids is 1. The fraction of sp³-hybridized carbons (Fsp3) is 0.231. The first-order valence-corrected chi connectivity index (χ1v) is 10.8. The molecule has 0 aliphatic rings. The van der Waals surface area contributed by atoms with Crippen molar-refractivity contribution in [2.24, 2.45) is 0 Å². The molecule has 33 heavy (non-hydrogen) atoms. The van der Waals surface area contributed by atoms with E-state index in [1.165, 1.54) is 0 Å².